The van der Waals surface area contributed by atoms with Gasteiger partial charge in [0.2, 0.25) is 0 Å². The van der Waals surface area contributed by atoms with Gasteiger partial charge in [0.15, 0.2) is 0 Å². The molecule has 5 heteroatoms. The summed E-state index contributed by atoms with van der Waals surface area (Å²) < 4.78 is 6.51. The van der Waals surface area contributed by atoms with Crippen LogP contribution in [0.15, 0.2) is 27.3 Å². The van der Waals surface area contributed by atoms with Gasteiger partial charge in [0.1, 0.15) is 5.76 Å². The highest BCUT2D eigenvalue weighted by molar-refractivity contribution is 9.10. The second-order valence-corrected chi connectivity index (χ2v) is 6.86. The Kier molecular flexibility index (Phi) is 4.84. The van der Waals surface area contributed by atoms with Crippen molar-refractivity contribution in [3.05, 3.63) is 43.9 Å². The molecular weight excluding hydrogens is 324 g/mol. The maximum absolute atomic E-state index is 5.96. The molecule has 2 aromatic rings. The number of rotatable bonds is 5. The van der Waals surface area contributed by atoms with Crippen molar-refractivity contribution in [2.24, 2.45) is 5.73 Å². The average Bonchev–Trinajstić information content (AvgIpc) is 2.89. The molecule has 2 rings (SSSR count). The molecule has 0 aromatic carbocycles. The van der Waals surface area contributed by atoms with Gasteiger partial charge >= 0.3 is 0 Å². The number of aryl methyl sites for hydroxylation is 2. The lowest BCUT2D eigenvalue weighted by molar-refractivity contribution is 0.243. The molecule has 0 saturated heterocycles. The summed E-state index contributed by atoms with van der Waals surface area (Å²) in [5, 5.41) is 0. The van der Waals surface area contributed by atoms with Crippen molar-refractivity contribution in [3.63, 3.8) is 0 Å². The molecule has 0 spiro atoms. The van der Waals surface area contributed by atoms with Gasteiger partial charge in [-0.15, -0.1) is 11.3 Å². The predicted molar refractivity (Wildman–Crippen MR) is 83.5 cm³/mol. The van der Waals surface area contributed by atoms with Crippen LogP contribution in [0, 0.1) is 13.8 Å². The zero-order valence-corrected chi connectivity index (χ0v) is 13.8. The van der Waals surface area contributed by atoms with Gasteiger partial charge in [0.05, 0.1) is 12.3 Å². The Morgan fingerprint density at radius 1 is 1.47 bits per heavy atom. The summed E-state index contributed by atoms with van der Waals surface area (Å²) in [6.07, 6.45) is 1.74. The summed E-state index contributed by atoms with van der Waals surface area (Å²) in [5.41, 5.74) is 7.17. The molecule has 104 valence electrons. The van der Waals surface area contributed by atoms with Gasteiger partial charge in [-0.05, 0) is 49.0 Å². The van der Waals surface area contributed by atoms with Gasteiger partial charge in [0, 0.05) is 32.9 Å². The van der Waals surface area contributed by atoms with E-state index in [-0.39, 0.29) is 6.04 Å². The highest BCUT2D eigenvalue weighted by Crippen LogP contribution is 2.33. The van der Waals surface area contributed by atoms with E-state index in [9.17, 15) is 0 Å². The van der Waals surface area contributed by atoms with Crippen molar-refractivity contribution < 1.29 is 4.42 Å². The van der Waals surface area contributed by atoms with Crippen molar-refractivity contribution >= 4 is 27.3 Å². The fourth-order valence-corrected chi connectivity index (χ4v) is 3.85. The lowest BCUT2D eigenvalue weighted by atomic mass is 10.1. The molecule has 0 aliphatic carbocycles. The van der Waals surface area contributed by atoms with Crippen LogP contribution in [-0.4, -0.2) is 18.5 Å². The van der Waals surface area contributed by atoms with E-state index in [1.807, 2.05) is 13.0 Å². The van der Waals surface area contributed by atoms with Gasteiger partial charge in [-0.3, -0.25) is 4.90 Å². The second-order valence-electron chi connectivity index (χ2n) is 4.72. The maximum atomic E-state index is 5.96. The molecule has 0 aliphatic heterocycles. The molecular formula is C14H19BrN2OS. The lowest BCUT2D eigenvalue weighted by Crippen LogP contribution is -2.29. The molecule has 2 N–H and O–H groups in total. The van der Waals surface area contributed by atoms with Crippen molar-refractivity contribution in [1.82, 2.24) is 4.90 Å². The first kappa shape index (κ1) is 14.8. The quantitative estimate of drug-likeness (QED) is 0.897. The average molecular weight is 343 g/mol. The lowest BCUT2D eigenvalue weighted by Gasteiger charge is -2.25. The number of halogens is 1. The first-order chi connectivity index (χ1) is 9.02. The minimum Gasteiger partial charge on any atom is -0.469 e. The Morgan fingerprint density at radius 3 is 2.68 bits per heavy atom. The van der Waals surface area contributed by atoms with E-state index >= 15 is 0 Å². The van der Waals surface area contributed by atoms with Crippen LogP contribution in [0.3, 0.4) is 0 Å². The predicted octanol–water partition coefficient (Wildman–Crippen LogP) is 3.85. The molecule has 0 radical (unpaired) electrons. The van der Waals surface area contributed by atoms with Crippen LogP contribution in [0.25, 0.3) is 0 Å². The summed E-state index contributed by atoms with van der Waals surface area (Å²) in [7, 11) is 2.10. The van der Waals surface area contributed by atoms with Crippen LogP contribution in [0.2, 0.25) is 0 Å². The monoisotopic (exact) mass is 342 g/mol. The fraction of sp³-hybridized carbons (Fsp3) is 0.429. The Morgan fingerprint density at radius 2 is 2.21 bits per heavy atom. The normalized spacial score (nSPS) is 13.2. The van der Waals surface area contributed by atoms with Gasteiger partial charge in [-0.1, -0.05) is 0 Å². The summed E-state index contributed by atoms with van der Waals surface area (Å²) in [4.78, 5) is 4.87. The Bertz CT molecular complexity index is 530. The topological polar surface area (TPSA) is 42.4 Å². The molecule has 1 atom stereocenters. The van der Waals surface area contributed by atoms with Gasteiger partial charge in [-0.25, -0.2) is 0 Å². The third-order valence-electron chi connectivity index (χ3n) is 3.35. The third kappa shape index (κ3) is 3.28. The molecule has 0 amide bonds. The van der Waals surface area contributed by atoms with Crippen LogP contribution < -0.4 is 5.73 Å². The molecule has 19 heavy (non-hydrogen) atoms. The van der Waals surface area contributed by atoms with Gasteiger partial charge in [0.25, 0.3) is 0 Å². The molecule has 2 heterocycles. The largest absolute Gasteiger partial charge is 0.469 e. The summed E-state index contributed by atoms with van der Waals surface area (Å²) in [6, 6.07) is 4.44. The first-order valence-electron chi connectivity index (χ1n) is 6.22. The van der Waals surface area contributed by atoms with E-state index in [2.05, 4.69) is 40.9 Å². The third-order valence-corrected chi connectivity index (χ3v) is 5.58. The Hall–Kier alpha value is -0.620. The van der Waals surface area contributed by atoms with Crippen LogP contribution in [-0.2, 0) is 6.54 Å². The van der Waals surface area contributed by atoms with Crippen molar-refractivity contribution in [2.45, 2.75) is 26.4 Å². The zero-order valence-electron chi connectivity index (χ0n) is 11.4. The van der Waals surface area contributed by atoms with E-state index in [1.54, 1.807) is 17.6 Å². The Balaban J connectivity index is 2.15. The molecule has 0 bridgehead atoms. The number of nitrogens with two attached hydrogens (primary N) is 1. The number of hydrogen-bond acceptors (Lipinski definition) is 4. The molecule has 2 aromatic heterocycles. The van der Waals surface area contributed by atoms with E-state index in [1.165, 1.54) is 19.8 Å². The van der Waals surface area contributed by atoms with Crippen molar-refractivity contribution in [2.75, 3.05) is 13.6 Å². The summed E-state index contributed by atoms with van der Waals surface area (Å²) >= 11 is 5.37. The fourth-order valence-electron chi connectivity index (χ4n) is 2.11. The molecule has 1 unspecified atom stereocenters. The Labute approximate surface area is 126 Å². The number of thiophene rings is 1. The van der Waals surface area contributed by atoms with Crippen molar-refractivity contribution in [3.8, 4) is 0 Å². The second kappa shape index (κ2) is 6.22. The van der Waals surface area contributed by atoms with E-state index in [0.717, 1.165) is 12.3 Å². The molecule has 3 nitrogen and oxygen atoms in total. The van der Waals surface area contributed by atoms with Gasteiger partial charge in [-0.2, -0.15) is 0 Å². The zero-order chi connectivity index (χ0) is 14.0. The maximum Gasteiger partial charge on any atom is 0.105 e. The standard InChI is InChI=1S/C14H19BrN2OS/c1-9-11(4-5-18-9)8-17(3)13(7-16)14-6-12(15)10(2)19-14/h4-6,13H,7-8,16H2,1-3H3. The summed E-state index contributed by atoms with van der Waals surface area (Å²) in [6.45, 7) is 5.57. The molecule has 0 saturated carbocycles. The van der Waals surface area contributed by atoms with E-state index < -0.39 is 0 Å². The van der Waals surface area contributed by atoms with Gasteiger partial charge < -0.3 is 10.2 Å². The molecule has 0 fully saturated rings. The number of furan rings is 1. The minimum absolute atomic E-state index is 0.240. The van der Waals surface area contributed by atoms with Crippen LogP contribution in [0.4, 0.5) is 0 Å². The van der Waals surface area contributed by atoms with Crippen LogP contribution in [0.1, 0.15) is 27.1 Å². The highest BCUT2D eigenvalue weighted by Gasteiger charge is 2.19. The smallest absolute Gasteiger partial charge is 0.105 e. The number of nitrogens with zero attached hydrogens (tertiary/aromatic N) is 1. The van der Waals surface area contributed by atoms with E-state index in [4.69, 9.17) is 10.2 Å². The minimum atomic E-state index is 0.240. The van der Waals surface area contributed by atoms with Crippen molar-refractivity contribution in [1.29, 1.82) is 0 Å². The van der Waals surface area contributed by atoms with Crippen LogP contribution in [0.5, 0.6) is 0 Å². The van der Waals surface area contributed by atoms with E-state index in [0.29, 0.717) is 6.54 Å². The number of hydrogen-bond donors (Lipinski definition) is 1. The highest BCUT2D eigenvalue weighted by atomic mass is 79.9. The SMILES string of the molecule is Cc1occc1CN(C)C(CN)c1cc(Br)c(C)s1. The number of likely N-dealkylation sites (N-methyl/N-ethyl adjacent to an activating group) is 1. The molecule has 0 aliphatic rings. The first-order valence-corrected chi connectivity index (χ1v) is 7.83. The summed E-state index contributed by atoms with van der Waals surface area (Å²) in [5.74, 6) is 0.978. The van der Waals surface area contributed by atoms with Crippen LogP contribution >= 0.6 is 27.3 Å².